The Kier molecular flexibility index (Phi) is 7.10. The Morgan fingerprint density at radius 2 is 1.68 bits per heavy atom. The molecule has 0 aliphatic rings. The number of aromatic carboxylic acids is 1. The Morgan fingerprint density at radius 3 is 2.38 bits per heavy atom. The van der Waals surface area contributed by atoms with Gasteiger partial charge in [0.2, 0.25) is 11.8 Å². The molecule has 0 saturated carbocycles. The summed E-state index contributed by atoms with van der Waals surface area (Å²) < 4.78 is 16.7. The predicted molar refractivity (Wildman–Crippen MR) is 139 cm³/mol. The van der Waals surface area contributed by atoms with E-state index in [1.54, 1.807) is 51.1 Å². The van der Waals surface area contributed by atoms with Gasteiger partial charge in [-0.25, -0.2) is 14.6 Å². The van der Waals surface area contributed by atoms with Gasteiger partial charge in [0.25, 0.3) is 0 Å². The maximum Gasteiger partial charge on any atom is 0.412 e. The number of para-hydroxylation sites is 1. The molecule has 1 aromatic heterocycles. The van der Waals surface area contributed by atoms with E-state index in [1.807, 2.05) is 24.3 Å². The normalized spacial score (nSPS) is 11.0. The molecule has 37 heavy (non-hydrogen) atoms. The number of carboxylic acids is 1. The van der Waals surface area contributed by atoms with Crippen molar-refractivity contribution in [2.45, 2.75) is 26.4 Å². The zero-order valence-electron chi connectivity index (χ0n) is 20.7. The fraction of sp³-hybridized carbons (Fsp3) is 0.185. The van der Waals surface area contributed by atoms with Crippen LogP contribution in [0.4, 0.5) is 22.1 Å². The van der Waals surface area contributed by atoms with Crippen molar-refractivity contribution in [1.82, 2.24) is 9.97 Å². The first kappa shape index (κ1) is 25.2. The quantitative estimate of drug-likeness (QED) is 0.269. The molecule has 0 saturated heterocycles. The van der Waals surface area contributed by atoms with Gasteiger partial charge in [-0.2, -0.15) is 4.98 Å². The molecule has 10 heteroatoms. The van der Waals surface area contributed by atoms with E-state index < -0.39 is 17.7 Å². The highest BCUT2D eigenvalue weighted by atomic mass is 16.6. The van der Waals surface area contributed by atoms with E-state index in [2.05, 4.69) is 20.6 Å². The van der Waals surface area contributed by atoms with Crippen molar-refractivity contribution in [3.05, 3.63) is 72.4 Å². The van der Waals surface area contributed by atoms with Crippen LogP contribution >= 0.6 is 0 Å². The number of anilines is 3. The van der Waals surface area contributed by atoms with Crippen LogP contribution in [0.25, 0.3) is 10.8 Å². The minimum absolute atomic E-state index is 0.00598. The second-order valence-electron chi connectivity index (χ2n) is 8.92. The van der Waals surface area contributed by atoms with Crippen LogP contribution in [0.1, 0.15) is 31.1 Å². The van der Waals surface area contributed by atoms with Gasteiger partial charge in [0, 0.05) is 23.0 Å². The number of carbonyl (C=O) groups is 2. The van der Waals surface area contributed by atoms with Gasteiger partial charge < -0.3 is 24.6 Å². The van der Waals surface area contributed by atoms with E-state index in [4.69, 9.17) is 14.2 Å². The molecule has 0 bridgehead atoms. The molecule has 1 amide bonds. The standard InChI is InChI=1S/C27H26N4O6/c1-27(2,3)37-26(34)30-19-12-13-21(17-9-6-5-8-16(17)19)36-22-14-15-28-25(31-22)29-20-11-7-10-18(24(32)33)23(20)35-4/h5-15H,1-4H3,(H,30,34)(H,32,33)(H,28,29,31). The van der Waals surface area contributed by atoms with Gasteiger partial charge in [-0.15, -0.1) is 0 Å². The lowest BCUT2D eigenvalue weighted by atomic mass is 10.1. The number of aromatic nitrogens is 2. The highest BCUT2D eigenvalue weighted by Crippen LogP contribution is 2.35. The smallest absolute Gasteiger partial charge is 0.412 e. The lowest BCUT2D eigenvalue weighted by molar-refractivity contribution is 0.0634. The molecule has 0 aliphatic heterocycles. The first-order valence-corrected chi connectivity index (χ1v) is 11.3. The second kappa shape index (κ2) is 10.4. The average Bonchev–Trinajstić information content (AvgIpc) is 2.84. The van der Waals surface area contributed by atoms with E-state index in [0.717, 1.165) is 10.8 Å². The summed E-state index contributed by atoms with van der Waals surface area (Å²) in [4.78, 5) is 32.4. The molecule has 4 aromatic rings. The molecule has 190 valence electrons. The van der Waals surface area contributed by atoms with Crippen molar-refractivity contribution >= 4 is 40.2 Å². The number of rotatable bonds is 7. The van der Waals surface area contributed by atoms with Crippen LogP contribution in [0.5, 0.6) is 17.4 Å². The molecule has 10 nitrogen and oxygen atoms in total. The number of nitrogens with zero attached hydrogens (tertiary/aromatic N) is 2. The molecule has 0 spiro atoms. The second-order valence-corrected chi connectivity index (χ2v) is 8.92. The monoisotopic (exact) mass is 502 g/mol. The Balaban J connectivity index is 1.60. The summed E-state index contributed by atoms with van der Waals surface area (Å²) in [6, 6.07) is 17.2. The van der Waals surface area contributed by atoms with Crippen molar-refractivity contribution < 1.29 is 28.9 Å². The highest BCUT2D eigenvalue weighted by Gasteiger charge is 2.18. The lowest BCUT2D eigenvalue weighted by Gasteiger charge is -2.20. The van der Waals surface area contributed by atoms with Gasteiger partial charge in [-0.1, -0.05) is 30.3 Å². The van der Waals surface area contributed by atoms with Crippen molar-refractivity contribution in [2.24, 2.45) is 0 Å². The predicted octanol–water partition coefficient (Wildman–Crippen LogP) is 6.22. The maximum atomic E-state index is 12.3. The number of hydrogen-bond acceptors (Lipinski definition) is 8. The summed E-state index contributed by atoms with van der Waals surface area (Å²) in [5.74, 6) is -0.00543. The highest BCUT2D eigenvalue weighted by molar-refractivity contribution is 6.03. The van der Waals surface area contributed by atoms with Crippen LogP contribution < -0.4 is 20.1 Å². The van der Waals surface area contributed by atoms with Crippen molar-refractivity contribution in [2.75, 3.05) is 17.7 Å². The molecule has 0 radical (unpaired) electrons. The molecule has 3 N–H and O–H groups in total. The number of methoxy groups -OCH3 is 1. The van der Waals surface area contributed by atoms with Crippen LogP contribution in [0, 0.1) is 0 Å². The zero-order chi connectivity index (χ0) is 26.6. The first-order valence-electron chi connectivity index (χ1n) is 11.3. The SMILES string of the molecule is COc1c(Nc2nccc(Oc3ccc(NC(=O)OC(C)(C)C)c4ccccc34)n2)cccc1C(=O)O. The number of ether oxygens (including phenoxy) is 3. The summed E-state index contributed by atoms with van der Waals surface area (Å²) in [5, 5.41) is 16.7. The van der Waals surface area contributed by atoms with Gasteiger partial charge in [-0.3, -0.25) is 5.32 Å². The van der Waals surface area contributed by atoms with Crippen molar-refractivity contribution in [3.8, 4) is 17.4 Å². The van der Waals surface area contributed by atoms with Crippen molar-refractivity contribution in [1.29, 1.82) is 0 Å². The number of amides is 1. The van der Waals surface area contributed by atoms with Gasteiger partial charge >= 0.3 is 12.1 Å². The fourth-order valence-electron chi connectivity index (χ4n) is 3.60. The summed E-state index contributed by atoms with van der Waals surface area (Å²) >= 11 is 0. The summed E-state index contributed by atoms with van der Waals surface area (Å²) in [6.07, 6.45) is 0.957. The molecule has 4 rings (SSSR count). The molecule has 0 fully saturated rings. The molecule has 1 heterocycles. The topological polar surface area (TPSA) is 132 Å². The number of carbonyl (C=O) groups excluding carboxylic acids is 1. The van der Waals surface area contributed by atoms with E-state index in [1.165, 1.54) is 19.4 Å². The van der Waals surface area contributed by atoms with E-state index in [0.29, 0.717) is 17.1 Å². The summed E-state index contributed by atoms with van der Waals surface area (Å²) in [7, 11) is 1.39. The minimum Gasteiger partial charge on any atom is -0.494 e. The fourth-order valence-corrected chi connectivity index (χ4v) is 3.60. The van der Waals surface area contributed by atoms with Crippen molar-refractivity contribution in [3.63, 3.8) is 0 Å². The van der Waals surface area contributed by atoms with Crippen LogP contribution in [-0.2, 0) is 4.74 Å². The van der Waals surface area contributed by atoms with Gasteiger partial charge in [0.05, 0.1) is 18.5 Å². The van der Waals surface area contributed by atoms with Gasteiger partial charge in [0.1, 0.15) is 16.9 Å². The van der Waals surface area contributed by atoms with Crippen LogP contribution in [-0.4, -0.2) is 39.8 Å². The average molecular weight is 503 g/mol. The summed E-state index contributed by atoms with van der Waals surface area (Å²) in [6.45, 7) is 5.39. The zero-order valence-corrected chi connectivity index (χ0v) is 20.7. The third-order valence-corrected chi connectivity index (χ3v) is 5.06. The molecule has 0 atom stereocenters. The van der Waals surface area contributed by atoms with Crippen LogP contribution in [0.15, 0.2) is 66.9 Å². The molecule has 3 aromatic carbocycles. The Hall–Kier alpha value is -4.86. The molecule has 0 unspecified atom stereocenters. The van der Waals surface area contributed by atoms with Gasteiger partial charge in [-0.05, 0) is 45.0 Å². The number of fused-ring (bicyclic) bond motifs is 1. The molecule has 0 aliphatic carbocycles. The Morgan fingerprint density at radius 1 is 0.919 bits per heavy atom. The van der Waals surface area contributed by atoms with E-state index in [9.17, 15) is 14.7 Å². The van der Waals surface area contributed by atoms with Gasteiger partial charge in [0.15, 0.2) is 5.75 Å². The molecular weight excluding hydrogens is 476 g/mol. The third kappa shape index (κ3) is 6.04. The van der Waals surface area contributed by atoms with Crippen LogP contribution in [0.2, 0.25) is 0 Å². The maximum absolute atomic E-state index is 12.3. The number of carboxylic acid groups (broad SMARTS) is 1. The number of nitrogens with one attached hydrogen (secondary N) is 2. The Labute approximate surface area is 213 Å². The number of hydrogen-bond donors (Lipinski definition) is 3. The number of benzene rings is 3. The van der Waals surface area contributed by atoms with E-state index >= 15 is 0 Å². The largest absolute Gasteiger partial charge is 0.494 e. The first-order chi connectivity index (χ1) is 17.6. The van der Waals surface area contributed by atoms with E-state index in [-0.39, 0.29) is 23.1 Å². The van der Waals surface area contributed by atoms with Crippen LogP contribution in [0.3, 0.4) is 0 Å². The lowest BCUT2D eigenvalue weighted by Crippen LogP contribution is -2.27. The Bertz CT molecular complexity index is 1470. The minimum atomic E-state index is -1.12. The summed E-state index contributed by atoms with van der Waals surface area (Å²) in [5.41, 5.74) is 0.349. The molecular formula is C27H26N4O6. The third-order valence-electron chi connectivity index (χ3n) is 5.06.